The normalized spacial score (nSPS) is 8.67. The third kappa shape index (κ3) is 4.62. The van der Waals surface area contributed by atoms with Crippen molar-refractivity contribution in [2.75, 3.05) is 0 Å². The minimum Gasteiger partial charge on any atom is -0.290 e. The zero-order valence-electron chi connectivity index (χ0n) is 10.3. The van der Waals surface area contributed by atoms with E-state index in [1.165, 1.54) is 23.3 Å². The second-order valence-electron chi connectivity index (χ2n) is 3.54. The zero-order valence-corrected chi connectivity index (χ0v) is 10.3. The highest BCUT2D eigenvalue weighted by Gasteiger charge is 1.91. The van der Waals surface area contributed by atoms with Gasteiger partial charge in [0.1, 0.15) is 0 Å². The molecule has 0 N–H and O–H groups in total. The van der Waals surface area contributed by atoms with E-state index in [4.69, 9.17) is 0 Å². The van der Waals surface area contributed by atoms with E-state index in [9.17, 15) is 4.79 Å². The van der Waals surface area contributed by atoms with Crippen LogP contribution in [-0.2, 0) is 4.79 Å². The van der Waals surface area contributed by atoms with Gasteiger partial charge in [0.25, 0.3) is 0 Å². The van der Waals surface area contributed by atoms with Crippen molar-refractivity contribution >= 4 is 5.78 Å². The third-order valence-electron chi connectivity index (χ3n) is 2.28. The monoisotopic (exact) mass is 236 g/mol. The SMILES string of the molecule is C=CC(=O)C=C.c1ccc(-c2ccccc2)cc1. The molecule has 0 amide bonds. The molecule has 0 spiro atoms. The predicted octanol–water partition coefficient (Wildman–Crippen LogP) is 4.28. The molecule has 0 aliphatic carbocycles. The highest BCUT2D eigenvalue weighted by atomic mass is 16.1. The van der Waals surface area contributed by atoms with E-state index in [-0.39, 0.29) is 5.78 Å². The Kier molecular flexibility index (Phi) is 5.91. The standard InChI is InChI=1S/C12H10.C5H6O/c1-3-7-11(8-4-1)12-9-5-2-6-10-12;1-3-5(6)4-2/h1-10H;3-4H,1-2H2. The highest BCUT2D eigenvalue weighted by Crippen LogP contribution is 2.17. The summed E-state index contributed by atoms with van der Waals surface area (Å²) in [5.74, 6) is -0.130. The summed E-state index contributed by atoms with van der Waals surface area (Å²) in [7, 11) is 0. The van der Waals surface area contributed by atoms with Crippen molar-refractivity contribution in [2.24, 2.45) is 0 Å². The zero-order chi connectivity index (χ0) is 13.2. The maximum atomic E-state index is 9.94. The number of carbonyl (C=O) groups excluding carboxylic acids is 1. The number of hydrogen-bond donors (Lipinski definition) is 0. The van der Waals surface area contributed by atoms with E-state index in [2.05, 4.69) is 61.7 Å². The Morgan fingerprint density at radius 3 is 1.28 bits per heavy atom. The topological polar surface area (TPSA) is 17.1 Å². The Labute approximate surface area is 108 Å². The molecule has 0 aliphatic rings. The molecule has 2 rings (SSSR count). The lowest BCUT2D eigenvalue weighted by molar-refractivity contribution is -0.110. The molecule has 2 aromatic rings. The summed E-state index contributed by atoms with van der Waals surface area (Å²) >= 11 is 0. The molecule has 90 valence electrons. The van der Waals surface area contributed by atoms with Crippen LogP contribution in [0.25, 0.3) is 11.1 Å². The molecule has 0 heterocycles. The fourth-order valence-corrected chi connectivity index (χ4v) is 1.34. The number of benzene rings is 2. The first-order valence-electron chi connectivity index (χ1n) is 5.67. The van der Waals surface area contributed by atoms with Gasteiger partial charge in [0.2, 0.25) is 0 Å². The molecular weight excluding hydrogens is 220 g/mol. The minimum atomic E-state index is -0.130. The summed E-state index contributed by atoms with van der Waals surface area (Å²) in [4.78, 5) is 9.94. The molecular formula is C17H16O. The summed E-state index contributed by atoms with van der Waals surface area (Å²) in [5, 5.41) is 0. The molecule has 0 radical (unpaired) electrons. The lowest BCUT2D eigenvalue weighted by atomic mass is 10.1. The molecule has 0 saturated carbocycles. The van der Waals surface area contributed by atoms with Crippen molar-refractivity contribution in [3.8, 4) is 11.1 Å². The van der Waals surface area contributed by atoms with Crippen molar-refractivity contribution in [3.05, 3.63) is 86.0 Å². The lowest BCUT2D eigenvalue weighted by Crippen LogP contribution is -1.78. The second kappa shape index (κ2) is 7.80. The van der Waals surface area contributed by atoms with Gasteiger partial charge in [0, 0.05) is 0 Å². The maximum Gasteiger partial charge on any atom is 0.177 e. The van der Waals surface area contributed by atoms with Gasteiger partial charge >= 0.3 is 0 Å². The summed E-state index contributed by atoms with van der Waals surface area (Å²) in [5.41, 5.74) is 2.55. The summed E-state index contributed by atoms with van der Waals surface area (Å²) in [6.45, 7) is 6.42. The highest BCUT2D eigenvalue weighted by molar-refractivity contribution is 5.98. The predicted molar refractivity (Wildman–Crippen MR) is 77.3 cm³/mol. The van der Waals surface area contributed by atoms with Crippen LogP contribution in [0, 0.1) is 0 Å². The van der Waals surface area contributed by atoms with E-state index in [1.807, 2.05) is 12.1 Å². The maximum absolute atomic E-state index is 9.94. The van der Waals surface area contributed by atoms with Crippen molar-refractivity contribution < 1.29 is 4.79 Å². The largest absolute Gasteiger partial charge is 0.290 e. The van der Waals surface area contributed by atoms with Gasteiger partial charge in [0.05, 0.1) is 0 Å². The van der Waals surface area contributed by atoms with Gasteiger partial charge in [-0.2, -0.15) is 0 Å². The lowest BCUT2D eigenvalue weighted by Gasteiger charge is -1.98. The molecule has 1 heteroatoms. The van der Waals surface area contributed by atoms with Crippen LogP contribution < -0.4 is 0 Å². The van der Waals surface area contributed by atoms with Crippen LogP contribution in [0.5, 0.6) is 0 Å². The Bertz CT molecular complexity index is 450. The number of allylic oxidation sites excluding steroid dienone is 2. The van der Waals surface area contributed by atoms with Gasteiger partial charge in [-0.3, -0.25) is 4.79 Å². The number of rotatable bonds is 3. The Balaban J connectivity index is 0.000000232. The van der Waals surface area contributed by atoms with Gasteiger partial charge in [-0.15, -0.1) is 0 Å². The first-order chi connectivity index (χ1) is 8.77. The van der Waals surface area contributed by atoms with E-state index >= 15 is 0 Å². The number of hydrogen-bond acceptors (Lipinski definition) is 1. The molecule has 0 bridgehead atoms. The van der Waals surface area contributed by atoms with Crippen molar-refractivity contribution in [2.45, 2.75) is 0 Å². The van der Waals surface area contributed by atoms with Crippen LogP contribution in [0.1, 0.15) is 0 Å². The van der Waals surface area contributed by atoms with Gasteiger partial charge in [-0.05, 0) is 23.3 Å². The fraction of sp³-hybridized carbons (Fsp3) is 0. The van der Waals surface area contributed by atoms with E-state index in [0.29, 0.717) is 0 Å². The van der Waals surface area contributed by atoms with E-state index < -0.39 is 0 Å². The van der Waals surface area contributed by atoms with Crippen LogP contribution in [0.2, 0.25) is 0 Å². The molecule has 0 unspecified atom stereocenters. The summed E-state index contributed by atoms with van der Waals surface area (Å²) in [6, 6.07) is 20.8. The van der Waals surface area contributed by atoms with Crippen LogP contribution >= 0.6 is 0 Å². The molecule has 0 aliphatic heterocycles. The average molecular weight is 236 g/mol. The van der Waals surface area contributed by atoms with Gasteiger partial charge < -0.3 is 0 Å². The van der Waals surface area contributed by atoms with Crippen molar-refractivity contribution in [3.63, 3.8) is 0 Å². The van der Waals surface area contributed by atoms with Crippen molar-refractivity contribution in [1.82, 2.24) is 0 Å². The third-order valence-corrected chi connectivity index (χ3v) is 2.28. The van der Waals surface area contributed by atoms with Gasteiger partial charge in [-0.25, -0.2) is 0 Å². The molecule has 0 aromatic heterocycles. The first-order valence-corrected chi connectivity index (χ1v) is 5.67. The number of ketones is 1. The Morgan fingerprint density at radius 2 is 1.06 bits per heavy atom. The van der Waals surface area contributed by atoms with Crippen LogP contribution in [0.15, 0.2) is 86.0 Å². The molecule has 0 atom stereocenters. The average Bonchev–Trinajstić information content (AvgIpc) is 2.49. The molecule has 2 aromatic carbocycles. The van der Waals surface area contributed by atoms with Crippen LogP contribution in [0.3, 0.4) is 0 Å². The van der Waals surface area contributed by atoms with E-state index in [1.54, 1.807) is 0 Å². The van der Waals surface area contributed by atoms with Gasteiger partial charge in [0.15, 0.2) is 5.78 Å². The second-order valence-corrected chi connectivity index (χ2v) is 3.54. The van der Waals surface area contributed by atoms with Gasteiger partial charge in [-0.1, -0.05) is 73.8 Å². The van der Waals surface area contributed by atoms with Crippen LogP contribution in [-0.4, -0.2) is 5.78 Å². The summed E-state index contributed by atoms with van der Waals surface area (Å²) < 4.78 is 0. The number of carbonyl (C=O) groups is 1. The molecule has 0 fully saturated rings. The molecule has 1 nitrogen and oxygen atoms in total. The fourth-order valence-electron chi connectivity index (χ4n) is 1.34. The quantitative estimate of drug-likeness (QED) is 0.727. The molecule has 18 heavy (non-hydrogen) atoms. The minimum absolute atomic E-state index is 0.130. The van der Waals surface area contributed by atoms with Crippen molar-refractivity contribution in [1.29, 1.82) is 0 Å². The molecule has 0 saturated heterocycles. The first kappa shape index (κ1) is 13.7. The smallest absolute Gasteiger partial charge is 0.177 e. The summed E-state index contributed by atoms with van der Waals surface area (Å²) in [6.07, 6.45) is 2.43. The Morgan fingerprint density at radius 1 is 0.722 bits per heavy atom. The Hall–Kier alpha value is -2.41. The van der Waals surface area contributed by atoms with E-state index in [0.717, 1.165) is 0 Å². The van der Waals surface area contributed by atoms with Crippen LogP contribution in [0.4, 0.5) is 0 Å².